The molecule has 4 heteroatoms. The summed E-state index contributed by atoms with van der Waals surface area (Å²) in [6, 6.07) is 0. The molecule has 0 aliphatic carbocycles. The normalized spacial score (nSPS) is 25.2. The van der Waals surface area contributed by atoms with Gasteiger partial charge in [-0.1, -0.05) is 0 Å². The maximum Gasteiger partial charge on any atom is 0.0146 e. The summed E-state index contributed by atoms with van der Waals surface area (Å²) in [5.41, 5.74) is 0. The lowest BCUT2D eigenvalue weighted by Gasteiger charge is -2.45. The summed E-state index contributed by atoms with van der Waals surface area (Å²) in [6.45, 7) is 5.28. The van der Waals surface area contributed by atoms with Crippen LogP contribution in [0.3, 0.4) is 0 Å². The minimum absolute atomic E-state index is 0. The molecule has 0 unspecified atom stereocenters. The van der Waals surface area contributed by atoms with Crippen molar-refractivity contribution in [1.29, 1.82) is 0 Å². The fourth-order valence-electron chi connectivity index (χ4n) is 1.16. The second kappa shape index (κ2) is 4.39. The zero-order valence-corrected chi connectivity index (χ0v) is 7.59. The Balaban J connectivity index is 0.000000405. The van der Waals surface area contributed by atoms with Gasteiger partial charge in [0, 0.05) is 26.2 Å². The molecule has 0 amide bonds. The van der Waals surface area contributed by atoms with Gasteiger partial charge in [-0.25, -0.2) is 10.0 Å². The van der Waals surface area contributed by atoms with Gasteiger partial charge in [0.15, 0.2) is 0 Å². The summed E-state index contributed by atoms with van der Waals surface area (Å²) in [7, 11) is 0. The third-order valence-electron chi connectivity index (χ3n) is 2.06. The summed E-state index contributed by atoms with van der Waals surface area (Å²) in [5.74, 6) is 0. The summed E-state index contributed by atoms with van der Waals surface area (Å²) < 4.78 is 0. The number of hydrogen-bond donors (Lipinski definition) is 0. The van der Waals surface area contributed by atoms with Crippen molar-refractivity contribution >= 4 is 24.8 Å². The van der Waals surface area contributed by atoms with Crippen LogP contribution in [0.4, 0.5) is 0 Å². The van der Waals surface area contributed by atoms with E-state index in [4.69, 9.17) is 0 Å². The number of hydrazine groups is 1. The third-order valence-corrected chi connectivity index (χ3v) is 2.06. The monoisotopic (exact) mass is 184 g/mol. The Morgan fingerprint density at radius 1 is 0.600 bits per heavy atom. The zero-order chi connectivity index (χ0) is 5.40. The van der Waals surface area contributed by atoms with Crippen LogP contribution in [0.25, 0.3) is 0 Å². The zero-order valence-electron chi connectivity index (χ0n) is 5.95. The molecule has 0 spiro atoms. The summed E-state index contributed by atoms with van der Waals surface area (Å²) >= 11 is 0. The summed E-state index contributed by atoms with van der Waals surface area (Å²) in [4.78, 5) is 0. The lowest BCUT2D eigenvalue weighted by Crippen LogP contribution is -2.56. The molecule has 0 atom stereocenters. The summed E-state index contributed by atoms with van der Waals surface area (Å²) in [6.07, 6.45) is 2.83. The van der Waals surface area contributed by atoms with Crippen LogP contribution >= 0.6 is 24.8 Å². The molecule has 2 saturated heterocycles. The number of rotatable bonds is 1. The quantitative estimate of drug-likeness (QED) is 0.604. The van der Waals surface area contributed by atoms with Gasteiger partial charge in [0.1, 0.15) is 0 Å². The molecule has 2 aliphatic rings. The maximum absolute atomic E-state index is 2.45. The standard InChI is InChI=1S/C6H12N2.2ClH/c1-3-7(4-1)8-5-2-6-8;;/h1-6H2;2*1H. The van der Waals surface area contributed by atoms with E-state index in [1.807, 2.05) is 0 Å². The van der Waals surface area contributed by atoms with Crippen LogP contribution in [-0.2, 0) is 0 Å². The van der Waals surface area contributed by atoms with Gasteiger partial charge in [-0.2, -0.15) is 0 Å². The van der Waals surface area contributed by atoms with Gasteiger partial charge in [-0.05, 0) is 12.8 Å². The predicted molar refractivity (Wildman–Crippen MR) is 46.9 cm³/mol. The number of halogens is 2. The van der Waals surface area contributed by atoms with Crippen LogP contribution in [0.15, 0.2) is 0 Å². The van der Waals surface area contributed by atoms with Crippen molar-refractivity contribution in [2.75, 3.05) is 26.2 Å². The first-order valence-electron chi connectivity index (χ1n) is 3.46. The molecule has 0 bridgehead atoms. The molecule has 0 aromatic heterocycles. The van der Waals surface area contributed by atoms with E-state index in [0.29, 0.717) is 0 Å². The van der Waals surface area contributed by atoms with Crippen molar-refractivity contribution in [3.63, 3.8) is 0 Å². The van der Waals surface area contributed by atoms with E-state index in [2.05, 4.69) is 10.0 Å². The van der Waals surface area contributed by atoms with Gasteiger partial charge >= 0.3 is 0 Å². The molecule has 0 saturated carbocycles. The highest BCUT2D eigenvalue weighted by molar-refractivity contribution is 5.85. The molecular formula is C6H14Cl2N2. The highest BCUT2D eigenvalue weighted by Crippen LogP contribution is 2.16. The Hall–Kier alpha value is 0.500. The average Bonchev–Trinajstić information content (AvgIpc) is 1.47. The highest BCUT2D eigenvalue weighted by atomic mass is 35.5. The van der Waals surface area contributed by atoms with Gasteiger partial charge < -0.3 is 0 Å². The minimum atomic E-state index is 0. The Bertz CT molecular complexity index is 79.7. The second-order valence-corrected chi connectivity index (χ2v) is 2.61. The molecule has 2 heterocycles. The molecule has 0 aromatic carbocycles. The second-order valence-electron chi connectivity index (χ2n) is 2.61. The van der Waals surface area contributed by atoms with Gasteiger partial charge in [-0.15, -0.1) is 24.8 Å². The van der Waals surface area contributed by atoms with Crippen molar-refractivity contribution in [1.82, 2.24) is 10.0 Å². The lowest BCUT2D eigenvalue weighted by atomic mass is 10.2. The Morgan fingerprint density at radius 2 is 0.900 bits per heavy atom. The molecular weight excluding hydrogens is 171 g/mol. The maximum atomic E-state index is 2.45. The minimum Gasteiger partial charge on any atom is -0.242 e. The average molecular weight is 185 g/mol. The van der Waals surface area contributed by atoms with E-state index < -0.39 is 0 Å². The van der Waals surface area contributed by atoms with Gasteiger partial charge in [-0.3, -0.25) is 0 Å². The highest BCUT2D eigenvalue weighted by Gasteiger charge is 2.25. The van der Waals surface area contributed by atoms with E-state index in [1.165, 1.54) is 39.0 Å². The van der Waals surface area contributed by atoms with E-state index in [-0.39, 0.29) is 24.8 Å². The van der Waals surface area contributed by atoms with Crippen LogP contribution in [0.1, 0.15) is 12.8 Å². The first kappa shape index (κ1) is 10.5. The lowest BCUT2D eigenvalue weighted by molar-refractivity contribution is -0.112. The molecule has 10 heavy (non-hydrogen) atoms. The molecule has 2 rings (SSSR count). The fraction of sp³-hybridized carbons (Fsp3) is 1.00. The van der Waals surface area contributed by atoms with E-state index in [1.54, 1.807) is 0 Å². The molecule has 0 radical (unpaired) electrons. The fourth-order valence-corrected chi connectivity index (χ4v) is 1.16. The van der Waals surface area contributed by atoms with Crippen molar-refractivity contribution in [3.05, 3.63) is 0 Å². The molecule has 2 fully saturated rings. The first-order valence-corrected chi connectivity index (χ1v) is 3.46. The SMILES string of the molecule is C1CN(N2CCC2)C1.Cl.Cl. The van der Waals surface area contributed by atoms with Crippen molar-refractivity contribution in [2.24, 2.45) is 0 Å². The predicted octanol–water partition coefficient (Wildman–Crippen LogP) is 1.16. The smallest absolute Gasteiger partial charge is 0.0146 e. The van der Waals surface area contributed by atoms with Crippen molar-refractivity contribution in [3.8, 4) is 0 Å². The van der Waals surface area contributed by atoms with E-state index >= 15 is 0 Å². The number of hydrogen-bond acceptors (Lipinski definition) is 2. The largest absolute Gasteiger partial charge is 0.242 e. The molecule has 2 aliphatic heterocycles. The van der Waals surface area contributed by atoms with Crippen LogP contribution in [-0.4, -0.2) is 36.2 Å². The Kier molecular flexibility index (Phi) is 4.61. The van der Waals surface area contributed by atoms with Crippen LogP contribution < -0.4 is 0 Å². The molecule has 0 aromatic rings. The van der Waals surface area contributed by atoms with Crippen molar-refractivity contribution in [2.45, 2.75) is 12.8 Å². The van der Waals surface area contributed by atoms with Gasteiger partial charge in [0.2, 0.25) is 0 Å². The Labute approximate surface area is 74.3 Å². The van der Waals surface area contributed by atoms with Crippen LogP contribution in [0, 0.1) is 0 Å². The molecule has 2 nitrogen and oxygen atoms in total. The van der Waals surface area contributed by atoms with Crippen molar-refractivity contribution < 1.29 is 0 Å². The number of nitrogens with zero attached hydrogens (tertiary/aromatic N) is 2. The van der Waals surface area contributed by atoms with Crippen LogP contribution in [0.5, 0.6) is 0 Å². The third kappa shape index (κ3) is 1.76. The molecule has 0 N–H and O–H groups in total. The topological polar surface area (TPSA) is 6.48 Å². The summed E-state index contributed by atoms with van der Waals surface area (Å²) in [5, 5.41) is 4.90. The van der Waals surface area contributed by atoms with E-state index in [0.717, 1.165) is 0 Å². The van der Waals surface area contributed by atoms with Gasteiger partial charge in [0.05, 0.1) is 0 Å². The van der Waals surface area contributed by atoms with Crippen LogP contribution in [0.2, 0.25) is 0 Å². The molecule has 62 valence electrons. The van der Waals surface area contributed by atoms with Gasteiger partial charge in [0.25, 0.3) is 0 Å². The van der Waals surface area contributed by atoms with E-state index in [9.17, 15) is 0 Å². The first-order chi connectivity index (χ1) is 3.97. The Morgan fingerprint density at radius 3 is 1.00 bits per heavy atom.